The number of amides is 1. The summed E-state index contributed by atoms with van der Waals surface area (Å²) in [6.07, 6.45) is 0. The van der Waals surface area contributed by atoms with Crippen molar-refractivity contribution < 1.29 is 9.53 Å². The van der Waals surface area contributed by atoms with Gasteiger partial charge in [0.25, 0.3) is 5.91 Å². The normalized spacial score (nSPS) is 20.1. The number of ether oxygens (including phenoxy) is 1. The number of aromatic amines is 1. The van der Waals surface area contributed by atoms with Crippen LogP contribution in [0, 0.1) is 0 Å². The number of primary amides is 1. The Bertz CT molecular complexity index is 585. The van der Waals surface area contributed by atoms with Gasteiger partial charge in [-0.3, -0.25) is 4.79 Å². The van der Waals surface area contributed by atoms with Crippen LogP contribution in [0.4, 0.5) is 0 Å². The van der Waals surface area contributed by atoms with Crippen LogP contribution in [0.3, 0.4) is 0 Å². The van der Waals surface area contributed by atoms with Gasteiger partial charge in [-0.15, -0.1) is 0 Å². The summed E-state index contributed by atoms with van der Waals surface area (Å²) in [6, 6.07) is 8.06. The van der Waals surface area contributed by atoms with Crippen molar-refractivity contribution >= 4 is 16.8 Å². The van der Waals surface area contributed by atoms with Gasteiger partial charge in [0.05, 0.1) is 19.3 Å². The Morgan fingerprint density at radius 3 is 3.00 bits per heavy atom. The van der Waals surface area contributed by atoms with Gasteiger partial charge in [0, 0.05) is 17.4 Å². The highest BCUT2D eigenvalue weighted by atomic mass is 16.5. The number of benzene rings is 1. The second-order valence-corrected chi connectivity index (χ2v) is 4.48. The van der Waals surface area contributed by atoms with Crippen molar-refractivity contribution in [3.05, 3.63) is 35.5 Å². The highest BCUT2D eigenvalue weighted by Crippen LogP contribution is 2.22. The van der Waals surface area contributed by atoms with Gasteiger partial charge in [0.15, 0.2) is 0 Å². The second kappa shape index (κ2) is 4.44. The summed E-state index contributed by atoms with van der Waals surface area (Å²) in [5, 5.41) is 4.40. The predicted octanol–water partition coefficient (Wildman–Crippen LogP) is 0.928. The summed E-state index contributed by atoms with van der Waals surface area (Å²) in [6.45, 7) is 2.30. The van der Waals surface area contributed by atoms with E-state index < -0.39 is 5.91 Å². The molecule has 1 aliphatic rings. The van der Waals surface area contributed by atoms with Crippen LogP contribution < -0.4 is 11.1 Å². The largest absolute Gasteiger partial charge is 0.378 e. The molecule has 18 heavy (non-hydrogen) atoms. The van der Waals surface area contributed by atoms with Crippen molar-refractivity contribution in [2.45, 2.75) is 6.04 Å². The van der Waals surface area contributed by atoms with Crippen molar-refractivity contribution in [2.75, 3.05) is 19.8 Å². The number of hydrogen-bond acceptors (Lipinski definition) is 3. The summed E-state index contributed by atoms with van der Waals surface area (Å²) in [4.78, 5) is 14.1. The van der Waals surface area contributed by atoms with Gasteiger partial charge in [0.1, 0.15) is 5.69 Å². The lowest BCUT2D eigenvalue weighted by atomic mass is 10.0. The number of morpholine rings is 1. The van der Waals surface area contributed by atoms with E-state index in [-0.39, 0.29) is 6.04 Å². The standard InChI is InChI=1S/C13H15N3O2/c14-13(17)11-6-9-5-8(1-2-10(9)16-11)12-7-18-4-3-15-12/h1-2,5-6,12,15-16H,3-4,7H2,(H2,14,17). The van der Waals surface area contributed by atoms with Crippen LogP contribution in [0.25, 0.3) is 10.9 Å². The molecule has 0 radical (unpaired) electrons. The molecule has 1 amide bonds. The maximum absolute atomic E-state index is 11.1. The summed E-state index contributed by atoms with van der Waals surface area (Å²) < 4.78 is 5.45. The first-order valence-electron chi connectivity index (χ1n) is 5.97. The molecule has 0 saturated carbocycles. The quantitative estimate of drug-likeness (QED) is 0.736. The molecule has 0 bridgehead atoms. The molecule has 1 aromatic carbocycles. The molecule has 4 N–H and O–H groups in total. The Hall–Kier alpha value is -1.85. The molecule has 1 aliphatic heterocycles. The summed E-state index contributed by atoms with van der Waals surface area (Å²) in [7, 11) is 0. The zero-order chi connectivity index (χ0) is 12.5. The molecule has 0 aliphatic carbocycles. The molecule has 94 valence electrons. The third-order valence-corrected chi connectivity index (χ3v) is 3.23. The summed E-state index contributed by atoms with van der Waals surface area (Å²) >= 11 is 0. The van der Waals surface area contributed by atoms with E-state index in [1.807, 2.05) is 12.1 Å². The van der Waals surface area contributed by atoms with E-state index in [0.717, 1.165) is 29.6 Å². The molecule has 2 aromatic rings. The fourth-order valence-corrected chi connectivity index (χ4v) is 2.28. The van der Waals surface area contributed by atoms with Gasteiger partial charge >= 0.3 is 0 Å². The second-order valence-electron chi connectivity index (χ2n) is 4.48. The number of nitrogens with one attached hydrogen (secondary N) is 2. The van der Waals surface area contributed by atoms with Gasteiger partial charge in [-0.05, 0) is 23.8 Å². The zero-order valence-electron chi connectivity index (χ0n) is 9.90. The van der Waals surface area contributed by atoms with Gasteiger partial charge in [0.2, 0.25) is 0 Å². The number of fused-ring (bicyclic) bond motifs is 1. The van der Waals surface area contributed by atoms with E-state index in [9.17, 15) is 4.79 Å². The molecule has 5 nitrogen and oxygen atoms in total. The fourth-order valence-electron chi connectivity index (χ4n) is 2.28. The van der Waals surface area contributed by atoms with Crippen molar-refractivity contribution in [1.82, 2.24) is 10.3 Å². The lowest BCUT2D eigenvalue weighted by molar-refractivity contribution is 0.0769. The average molecular weight is 245 g/mol. The van der Waals surface area contributed by atoms with Crippen LogP contribution >= 0.6 is 0 Å². The molecule has 0 spiro atoms. The number of hydrogen-bond donors (Lipinski definition) is 3. The maximum Gasteiger partial charge on any atom is 0.265 e. The van der Waals surface area contributed by atoms with Crippen molar-refractivity contribution in [3.8, 4) is 0 Å². The lowest BCUT2D eigenvalue weighted by Crippen LogP contribution is -2.34. The molecule has 2 heterocycles. The summed E-state index contributed by atoms with van der Waals surface area (Å²) in [5.41, 5.74) is 7.78. The summed E-state index contributed by atoms with van der Waals surface area (Å²) in [5.74, 6) is -0.438. The highest BCUT2D eigenvalue weighted by molar-refractivity contribution is 5.97. The average Bonchev–Trinajstić information content (AvgIpc) is 2.82. The number of H-pyrrole nitrogens is 1. The van der Waals surface area contributed by atoms with Crippen LogP contribution in [0.2, 0.25) is 0 Å². The first-order chi connectivity index (χ1) is 8.74. The first-order valence-corrected chi connectivity index (χ1v) is 5.97. The molecular formula is C13H15N3O2. The minimum Gasteiger partial charge on any atom is -0.378 e. The van der Waals surface area contributed by atoms with Crippen LogP contribution in [0.15, 0.2) is 24.3 Å². The van der Waals surface area contributed by atoms with E-state index in [1.54, 1.807) is 6.07 Å². The molecular weight excluding hydrogens is 230 g/mol. The van der Waals surface area contributed by atoms with E-state index in [2.05, 4.69) is 16.4 Å². The number of carbonyl (C=O) groups excluding carboxylic acids is 1. The third kappa shape index (κ3) is 1.98. The molecule has 5 heteroatoms. The topological polar surface area (TPSA) is 80.1 Å². The van der Waals surface area contributed by atoms with Crippen LogP contribution in [0.5, 0.6) is 0 Å². The van der Waals surface area contributed by atoms with Gasteiger partial charge in [-0.2, -0.15) is 0 Å². The van der Waals surface area contributed by atoms with E-state index >= 15 is 0 Å². The van der Waals surface area contributed by atoms with E-state index in [1.165, 1.54) is 0 Å². The molecule has 1 unspecified atom stereocenters. The first kappa shape index (κ1) is 11.3. The van der Waals surface area contributed by atoms with Gasteiger partial charge in [-0.25, -0.2) is 0 Å². The molecule has 1 saturated heterocycles. The molecule has 3 rings (SSSR count). The Kier molecular flexibility index (Phi) is 2.77. The predicted molar refractivity (Wildman–Crippen MR) is 68.4 cm³/mol. The Balaban J connectivity index is 1.96. The minimum atomic E-state index is -0.438. The number of carbonyl (C=O) groups is 1. The maximum atomic E-state index is 11.1. The zero-order valence-corrected chi connectivity index (χ0v) is 9.90. The smallest absolute Gasteiger partial charge is 0.265 e. The minimum absolute atomic E-state index is 0.218. The van der Waals surface area contributed by atoms with E-state index in [4.69, 9.17) is 10.5 Å². The lowest BCUT2D eigenvalue weighted by Gasteiger charge is -2.24. The Labute approximate surface area is 104 Å². The van der Waals surface area contributed by atoms with E-state index in [0.29, 0.717) is 12.3 Å². The third-order valence-electron chi connectivity index (χ3n) is 3.23. The van der Waals surface area contributed by atoms with Gasteiger partial charge in [-0.1, -0.05) is 6.07 Å². The number of aromatic nitrogens is 1. The van der Waals surface area contributed by atoms with Crippen LogP contribution in [0.1, 0.15) is 22.1 Å². The van der Waals surface area contributed by atoms with Crippen molar-refractivity contribution in [2.24, 2.45) is 5.73 Å². The fraction of sp³-hybridized carbons (Fsp3) is 0.308. The van der Waals surface area contributed by atoms with Gasteiger partial charge < -0.3 is 20.8 Å². The SMILES string of the molecule is NC(=O)c1cc2cc(C3COCCN3)ccc2[nH]1. The molecule has 1 atom stereocenters. The monoisotopic (exact) mass is 245 g/mol. The number of nitrogens with two attached hydrogens (primary N) is 1. The Morgan fingerprint density at radius 1 is 1.39 bits per heavy atom. The van der Waals surface area contributed by atoms with Crippen LogP contribution in [-0.2, 0) is 4.74 Å². The van der Waals surface area contributed by atoms with Crippen molar-refractivity contribution in [1.29, 1.82) is 0 Å². The number of rotatable bonds is 2. The van der Waals surface area contributed by atoms with Crippen molar-refractivity contribution in [3.63, 3.8) is 0 Å². The Morgan fingerprint density at radius 2 is 2.28 bits per heavy atom. The van der Waals surface area contributed by atoms with Crippen LogP contribution in [-0.4, -0.2) is 30.6 Å². The molecule has 1 aromatic heterocycles. The highest BCUT2D eigenvalue weighted by Gasteiger charge is 2.16. The molecule has 1 fully saturated rings.